The monoisotopic (exact) mass is 795 g/mol. The molecule has 7 nitrogen and oxygen atoms in total. The maximum absolute atomic E-state index is 6.65. The van der Waals surface area contributed by atoms with Crippen molar-refractivity contribution < 1.29 is 8.83 Å². The summed E-state index contributed by atoms with van der Waals surface area (Å²) in [4.78, 5) is 24.8. The molecule has 0 bridgehead atoms. The molecule has 12 aromatic rings. The number of hydrogen-bond acceptors (Lipinski definition) is 7. The van der Waals surface area contributed by atoms with Crippen LogP contribution in [0.1, 0.15) is 0 Å². The van der Waals surface area contributed by atoms with Crippen molar-refractivity contribution in [1.29, 1.82) is 0 Å². The summed E-state index contributed by atoms with van der Waals surface area (Å²) < 4.78 is 13.1. The van der Waals surface area contributed by atoms with Crippen LogP contribution in [0, 0.1) is 0 Å². The number of benzene rings is 8. The number of fused-ring (bicyclic) bond motifs is 6. The highest BCUT2D eigenvalue weighted by molar-refractivity contribution is 6.14. The van der Waals surface area contributed by atoms with Crippen LogP contribution in [0.5, 0.6) is 0 Å². The molecular weight excluding hydrogens is 763 g/mol. The topological polar surface area (TPSA) is 90.7 Å². The molecular formula is C55H33N5O2. The lowest BCUT2D eigenvalue weighted by atomic mass is 9.96. The zero-order valence-corrected chi connectivity index (χ0v) is 33.1. The van der Waals surface area contributed by atoms with Crippen LogP contribution in [0.4, 0.5) is 0 Å². The summed E-state index contributed by atoms with van der Waals surface area (Å²) in [6, 6.07) is 67.7. The van der Waals surface area contributed by atoms with Crippen molar-refractivity contribution in [2.24, 2.45) is 0 Å². The highest BCUT2D eigenvalue weighted by Gasteiger charge is 2.20. The lowest BCUT2D eigenvalue weighted by Crippen LogP contribution is -2.00. The smallest absolute Gasteiger partial charge is 0.180 e. The number of furan rings is 2. The Balaban J connectivity index is 0.937. The molecule has 0 atom stereocenters. The summed E-state index contributed by atoms with van der Waals surface area (Å²) in [5.41, 5.74) is 13.5. The van der Waals surface area contributed by atoms with E-state index >= 15 is 0 Å². The van der Waals surface area contributed by atoms with Crippen molar-refractivity contribution in [2.45, 2.75) is 0 Å². The van der Waals surface area contributed by atoms with Crippen LogP contribution in [0.2, 0.25) is 0 Å². The molecule has 0 unspecified atom stereocenters. The second kappa shape index (κ2) is 14.6. The summed E-state index contributed by atoms with van der Waals surface area (Å²) in [5.74, 6) is 2.53. The minimum atomic E-state index is 0.613. The fourth-order valence-electron chi connectivity index (χ4n) is 8.31. The molecule has 12 rings (SSSR count). The number of rotatable bonds is 7. The molecule has 0 amide bonds. The number of hydrogen-bond donors (Lipinski definition) is 0. The molecule has 0 saturated carbocycles. The molecule has 0 saturated heterocycles. The Morgan fingerprint density at radius 1 is 0.290 bits per heavy atom. The molecule has 0 spiro atoms. The van der Waals surface area contributed by atoms with Gasteiger partial charge in [-0.15, -0.1) is 0 Å². The van der Waals surface area contributed by atoms with Gasteiger partial charge in [0.15, 0.2) is 28.9 Å². The van der Waals surface area contributed by atoms with E-state index in [4.69, 9.17) is 33.8 Å². The van der Waals surface area contributed by atoms with Crippen LogP contribution in [-0.2, 0) is 0 Å². The Morgan fingerprint density at radius 3 is 1.40 bits per heavy atom. The van der Waals surface area contributed by atoms with Gasteiger partial charge in [0.1, 0.15) is 28.0 Å². The third kappa shape index (κ3) is 6.19. The van der Waals surface area contributed by atoms with Gasteiger partial charge in [0.25, 0.3) is 0 Å². The third-order valence-corrected chi connectivity index (χ3v) is 11.4. The molecule has 8 aromatic carbocycles. The van der Waals surface area contributed by atoms with E-state index in [2.05, 4.69) is 78.9 Å². The fourth-order valence-corrected chi connectivity index (χ4v) is 8.31. The maximum Gasteiger partial charge on any atom is 0.180 e. The molecule has 0 fully saturated rings. The van der Waals surface area contributed by atoms with Gasteiger partial charge < -0.3 is 8.83 Å². The van der Waals surface area contributed by atoms with Gasteiger partial charge in [-0.05, 0) is 52.6 Å². The average Bonchev–Trinajstić information content (AvgIpc) is 3.92. The number of nitrogens with zero attached hydrogens (tertiary/aromatic N) is 5. The van der Waals surface area contributed by atoms with Crippen molar-refractivity contribution in [2.75, 3.05) is 0 Å². The SMILES string of the molecule is c1ccc(-c2nc(-c3ccccc3)nc(-c3ccc(-c4cccc5oc6ccc(-c7ccc8c(c7)oc7c(-c9ccccc9)nc(-c9ccccc9)nc78)cc6c45)cc3)n2)cc1. The van der Waals surface area contributed by atoms with Crippen molar-refractivity contribution in [3.8, 4) is 79.1 Å². The molecule has 0 radical (unpaired) electrons. The Bertz CT molecular complexity index is 3550. The molecule has 7 heteroatoms. The molecule has 0 N–H and O–H groups in total. The summed E-state index contributed by atoms with van der Waals surface area (Å²) in [5, 5.41) is 3.02. The second-order valence-corrected chi connectivity index (χ2v) is 15.2. The summed E-state index contributed by atoms with van der Waals surface area (Å²) in [6.07, 6.45) is 0. The van der Waals surface area contributed by atoms with Crippen LogP contribution in [-0.4, -0.2) is 24.9 Å². The predicted octanol–water partition coefficient (Wildman–Crippen LogP) is 14.1. The minimum absolute atomic E-state index is 0.613. The van der Waals surface area contributed by atoms with Gasteiger partial charge in [-0.25, -0.2) is 24.9 Å². The molecule has 0 aliphatic rings. The van der Waals surface area contributed by atoms with Crippen molar-refractivity contribution in [3.05, 3.63) is 200 Å². The van der Waals surface area contributed by atoms with Crippen LogP contribution >= 0.6 is 0 Å². The molecule has 0 aliphatic heterocycles. The molecule has 4 aromatic heterocycles. The standard InChI is InChI=1S/C55H33N5O2/c1-5-14-35(15-6-1)49-51-50(57-52(56-49)36-16-7-2-8-17-36)43-30-28-41(33-47(43)62-51)40-29-31-45-44(32-40)48-42(22-13-23-46(48)61-45)34-24-26-39(27-25-34)55-59-53(37-18-9-3-10-19-37)58-54(60-55)38-20-11-4-12-21-38/h1-33H. The van der Waals surface area contributed by atoms with E-state index < -0.39 is 0 Å². The highest BCUT2D eigenvalue weighted by atomic mass is 16.3. The van der Waals surface area contributed by atoms with E-state index in [0.717, 1.165) is 94.2 Å². The zero-order valence-electron chi connectivity index (χ0n) is 33.1. The van der Waals surface area contributed by atoms with Crippen LogP contribution < -0.4 is 0 Å². The van der Waals surface area contributed by atoms with Crippen molar-refractivity contribution >= 4 is 44.0 Å². The third-order valence-electron chi connectivity index (χ3n) is 11.4. The highest BCUT2D eigenvalue weighted by Crippen LogP contribution is 2.41. The van der Waals surface area contributed by atoms with Gasteiger partial charge in [0.05, 0.1) is 0 Å². The van der Waals surface area contributed by atoms with E-state index in [1.54, 1.807) is 0 Å². The normalized spacial score (nSPS) is 11.5. The average molecular weight is 796 g/mol. The number of aromatic nitrogens is 5. The summed E-state index contributed by atoms with van der Waals surface area (Å²) in [6.45, 7) is 0. The van der Waals surface area contributed by atoms with E-state index in [-0.39, 0.29) is 0 Å². The maximum atomic E-state index is 6.65. The molecule has 4 heterocycles. The Labute approximate surface area is 355 Å². The largest absolute Gasteiger partial charge is 0.456 e. The van der Waals surface area contributed by atoms with Crippen LogP contribution in [0.25, 0.3) is 123 Å². The van der Waals surface area contributed by atoms with E-state index in [0.29, 0.717) is 28.9 Å². The quantitative estimate of drug-likeness (QED) is 0.159. The first-order valence-corrected chi connectivity index (χ1v) is 20.5. The lowest BCUT2D eigenvalue weighted by molar-refractivity contribution is 0.667. The van der Waals surface area contributed by atoms with Crippen molar-refractivity contribution in [1.82, 2.24) is 24.9 Å². The van der Waals surface area contributed by atoms with Gasteiger partial charge >= 0.3 is 0 Å². The Morgan fingerprint density at radius 2 is 0.790 bits per heavy atom. The summed E-state index contributed by atoms with van der Waals surface area (Å²) in [7, 11) is 0. The van der Waals surface area contributed by atoms with Gasteiger partial charge in [-0.1, -0.05) is 170 Å². The predicted molar refractivity (Wildman–Crippen MR) is 248 cm³/mol. The van der Waals surface area contributed by atoms with E-state index in [9.17, 15) is 0 Å². The first-order chi connectivity index (χ1) is 30.7. The molecule has 62 heavy (non-hydrogen) atoms. The first kappa shape index (κ1) is 35.4. The van der Waals surface area contributed by atoms with Gasteiger partial charge in [0.2, 0.25) is 0 Å². The minimum Gasteiger partial charge on any atom is -0.456 e. The van der Waals surface area contributed by atoms with Gasteiger partial charge in [-0.3, -0.25) is 0 Å². The lowest BCUT2D eigenvalue weighted by Gasteiger charge is -2.09. The first-order valence-electron chi connectivity index (χ1n) is 20.5. The van der Waals surface area contributed by atoms with Crippen molar-refractivity contribution in [3.63, 3.8) is 0 Å². The summed E-state index contributed by atoms with van der Waals surface area (Å²) >= 11 is 0. The van der Waals surface area contributed by atoms with Gasteiger partial charge in [0, 0.05) is 44.0 Å². The second-order valence-electron chi connectivity index (χ2n) is 15.2. The Hall–Kier alpha value is -8.55. The van der Waals surface area contributed by atoms with Crippen LogP contribution in [0.15, 0.2) is 209 Å². The van der Waals surface area contributed by atoms with Gasteiger partial charge in [-0.2, -0.15) is 0 Å². The van der Waals surface area contributed by atoms with E-state index in [1.165, 1.54) is 0 Å². The van der Waals surface area contributed by atoms with Crippen LogP contribution in [0.3, 0.4) is 0 Å². The fraction of sp³-hybridized carbons (Fsp3) is 0. The van der Waals surface area contributed by atoms with E-state index in [1.807, 2.05) is 121 Å². The zero-order chi connectivity index (χ0) is 41.0. The molecule has 0 aliphatic carbocycles. The molecule has 290 valence electrons. The Kier molecular flexibility index (Phi) is 8.35.